The molecule has 0 radical (unpaired) electrons. The van der Waals surface area contributed by atoms with Crippen molar-refractivity contribution in [2.24, 2.45) is 4.99 Å². The first-order valence-electron chi connectivity index (χ1n) is 12.9. The molecule has 1 N–H and O–H groups in total. The molecule has 208 valence electrons. The highest BCUT2D eigenvalue weighted by atomic mass is 35.5. The quantitative estimate of drug-likeness (QED) is 0.210. The lowest BCUT2D eigenvalue weighted by atomic mass is 9.81. The first kappa shape index (κ1) is 28.7. The fraction of sp³-hybridized carbons (Fsp3) is 0.481. The lowest BCUT2D eigenvalue weighted by Gasteiger charge is -2.44. The minimum atomic E-state index is -0.770. The van der Waals surface area contributed by atoms with Gasteiger partial charge in [-0.2, -0.15) is 5.26 Å². The molecule has 1 aromatic heterocycles. The van der Waals surface area contributed by atoms with E-state index >= 15 is 0 Å². The number of amidine groups is 1. The summed E-state index contributed by atoms with van der Waals surface area (Å²) < 4.78 is 17.4. The molecule has 12 heteroatoms. The number of methoxy groups -OCH3 is 1. The molecule has 4 rings (SSSR count). The molecule has 2 aliphatic rings. The summed E-state index contributed by atoms with van der Waals surface area (Å²) in [4.78, 5) is 34.9. The van der Waals surface area contributed by atoms with Crippen LogP contribution in [0.2, 0.25) is 4.34 Å². The zero-order chi connectivity index (χ0) is 27.7. The van der Waals surface area contributed by atoms with Crippen LogP contribution < -0.4 is 14.8 Å². The number of benzene rings is 1. The summed E-state index contributed by atoms with van der Waals surface area (Å²) in [5.74, 6) is 0.0617. The Kier molecular flexibility index (Phi) is 10.0. The SMILES string of the molecule is COC[C@H]1C(=O)N(CC2(N=C(NC#N)Oc3ccccc3)CCCCC2)CCN1C(=O)COc1ccc(Cl)s1. The van der Waals surface area contributed by atoms with Crippen molar-refractivity contribution in [1.82, 2.24) is 15.1 Å². The number of amides is 2. The molecule has 1 aliphatic carbocycles. The maximum atomic E-state index is 13.7. The van der Waals surface area contributed by atoms with E-state index in [1.54, 1.807) is 29.2 Å². The standard InChI is InChI=1S/C27H32ClN5O5S/c1-36-16-21-25(35)32(14-15-33(21)23(34)17-37-24-11-10-22(28)39-24)18-27(12-6-3-7-13-27)31-26(30-19-29)38-20-8-4-2-5-9-20/h2,4-5,8-11,21H,3,6-7,12-18H2,1H3,(H,30,31)/t21-/m0/s1. The maximum Gasteiger partial charge on any atom is 0.304 e. The summed E-state index contributed by atoms with van der Waals surface area (Å²) >= 11 is 7.18. The Balaban J connectivity index is 1.49. The number of carbonyl (C=O) groups is 2. The van der Waals surface area contributed by atoms with Crippen molar-refractivity contribution in [2.45, 2.75) is 43.7 Å². The van der Waals surface area contributed by atoms with Crippen LogP contribution in [0.15, 0.2) is 47.5 Å². The van der Waals surface area contributed by atoms with Crippen molar-refractivity contribution in [3.63, 3.8) is 0 Å². The third-order valence-corrected chi connectivity index (χ3v) is 7.99. The number of nitriles is 1. The number of thiophene rings is 1. The zero-order valence-corrected chi connectivity index (χ0v) is 23.4. The average Bonchev–Trinajstić information content (AvgIpc) is 3.36. The number of nitrogens with zero attached hydrogens (tertiary/aromatic N) is 4. The van der Waals surface area contributed by atoms with E-state index in [2.05, 4.69) is 5.32 Å². The molecule has 1 aromatic carbocycles. The molecule has 1 saturated carbocycles. The van der Waals surface area contributed by atoms with Crippen molar-refractivity contribution in [2.75, 3.05) is 40.0 Å². The molecule has 39 heavy (non-hydrogen) atoms. The molecule has 10 nitrogen and oxygen atoms in total. The van der Waals surface area contributed by atoms with Gasteiger partial charge in [-0.1, -0.05) is 60.4 Å². The Morgan fingerprint density at radius 3 is 2.64 bits per heavy atom. The summed E-state index contributed by atoms with van der Waals surface area (Å²) in [6, 6.07) is 11.9. The van der Waals surface area contributed by atoms with Crippen LogP contribution in [0.3, 0.4) is 0 Å². The smallest absolute Gasteiger partial charge is 0.304 e. The molecule has 0 bridgehead atoms. The van der Waals surface area contributed by atoms with Crippen LogP contribution >= 0.6 is 22.9 Å². The number of piperazine rings is 1. The van der Waals surface area contributed by atoms with Crippen molar-refractivity contribution in [3.8, 4) is 17.0 Å². The van der Waals surface area contributed by atoms with Gasteiger partial charge in [0.1, 0.15) is 11.8 Å². The summed E-state index contributed by atoms with van der Waals surface area (Å²) in [5, 5.41) is 12.4. The number of ether oxygens (including phenoxy) is 3. The second kappa shape index (κ2) is 13.6. The van der Waals surface area contributed by atoms with E-state index in [9.17, 15) is 14.9 Å². The van der Waals surface area contributed by atoms with Crippen LogP contribution in [0.1, 0.15) is 32.1 Å². The fourth-order valence-corrected chi connectivity index (χ4v) is 5.89. The van der Waals surface area contributed by atoms with Gasteiger partial charge in [0.2, 0.25) is 5.91 Å². The summed E-state index contributed by atoms with van der Waals surface area (Å²) in [5.41, 5.74) is -0.618. The van der Waals surface area contributed by atoms with Gasteiger partial charge in [-0.25, -0.2) is 10.3 Å². The van der Waals surface area contributed by atoms with Crippen LogP contribution in [0.25, 0.3) is 0 Å². The first-order valence-corrected chi connectivity index (χ1v) is 14.1. The highest BCUT2D eigenvalue weighted by Gasteiger charge is 2.42. The molecule has 1 saturated heterocycles. The predicted molar refractivity (Wildman–Crippen MR) is 148 cm³/mol. The van der Waals surface area contributed by atoms with Crippen LogP contribution in [-0.2, 0) is 14.3 Å². The van der Waals surface area contributed by atoms with Gasteiger partial charge in [-0.15, -0.1) is 0 Å². The van der Waals surface area contributed by atoms with E-state index in [0.29, 0.717) is 34.8 Å². The Labute approximate surface area is 237 Å². The van der Waals surface area contributed by atoms with Crippen molar-refractivity contribution in [3.05, 3.63) is 46.8 Å². The van der Waals surface area contributed by atoms with Gasteiger partial charge in [-0.05, 0) is 37.1 Å². The fourth-order valence-electron chi connectivity index (χ4n) is 5.01. The zero-order valence-electron chi connectivity index (χ0n) is 21.8. The van der Waals surface area contributed by atoms with Crippen molar-refractivity contribution in [1.29, 1.82) is 5.26 Å². The third kappa shape index (κ3) is 7.62. The van der Waals surface area contributed by atoms with Gasteiger partial charge >= 0.3 is 6.02 Å². The van der Waals surface area contributed by atoms with Gasteiger partial charge in [-0.3, -0.25) is 9.59 Å². The highest BCUT2D eigenvalue weighted by Crippen LogP contribution is 2.34. The molecule has 2 aromatic rings. The lowest BCUT2D eigenvalue weighted by molar-refractivity contribution is -0.155. The normalized spacial score (nSPS) is 19.4. The summed E-state index contributed by atoms with van der Waals surface area (Å²) in [6.45, 7) is 0.927. The number of hydrogen-bond acceptors (Lipinski definition) is 8. The number of carbonyl (C=O) groups excluding carboxylic acids is 2. The predicted octanol–water partition coefficient (Wildman–Crippen LogP) is 3.67. The number of para-hydroxylation sites is 1. The van der Waals surface area contributed by atoms with Gasteiger partial charge in [0.15, 0.2) is 17.9 Å². The molecule has 1 aliphatic heterocycles. The largest absolute Gasteiger partial charge is 0.474 e. The van der Waals surface area contributed by atoms with E-state index in [1.165, 1.54) is 23.3 Å². The van der Waals surface area contributed by atoms with E-state index in [1.807, 2.05) is 24.4 Å². The Hall–Kier alpha value is -3.33. The molecular formula is C27H32ClN5O5S. The molecule has 0 unspecified atom stereocenters. The Morgan fingerprint density at radius 2 is 1.97 bits per heavy atom. The van der Waals surface area contributed by atoms with Crippen LogP contribution in [0, 0.1) is 11.5 Å². The van der Waals surface area contributed by atoms with E-state index < -0.39 is 11.6 Å². The van der Waals surface area contributed by atoms with E-state index in [-0.39, 0.29) is 31.0 Å². The number of aliphatic imine (C=N–C) groups is 1. The van der Waals surface area contributed by atoms with Gasteiger partial charge in [0, 0.05) is 26.7 Å². The highest BCUT2D eigenvalue weighted by molar-refractivity contribution is 7.17. The Bertz CT molecular complexity index is 1190. The second-order valence-electron chi connectivity index (χ2n) is 9.52. The van der Waals surface area contributed by atoms with Crippen molar-refractivity contribution < 1.29 is 23.8 Å². The second-order valence-corrected chi connectivity index (χ2v) is 11.2. The third-order valence-electron chi connectivity index (χ3n) is 6.84. The van der Waals surface area contributed by atoms with Gasteiger partial charge < -0.3 is 24.0 Å². The number of halogens is 1. The number of nitrogens with one attached hydrogen (secondary N) is 1. The Morgan fingerprint density at radius 1 is 1.21 bits per heavy atom. The van der Waals surface area contributed by atoms with Gasteiger partial charge in [0.25, 0.3) is 5.91 Å². The van der Waals surface area contributed by atoms with E-state index in [4.69, 9.17) is 30.8 Å². The topological polar surface area (TPSA) is 116 Å². The van der Waals surface area contributed by atoms with Crippen molar-refractivity contribution >= 4 is 40.8 Å². The lowest BCUT2D eigenvalue weighted by Crippen LogP contribution is -2.63. The van der Waals surface area contributed by atoms with Gasteiger partial charge in [0.05, 0.1) is 16.5 Å². The summed E-state index contributed by atoms with van der Waals surface area (Å²) in [7, 11) is 1.51. The minimum absolute atomic E-state index is 0.0700. The molecule has 2 heterocycles. The average molecular weight is 574 g/mol. The van der Waals surface area contributed by atoms with Crippen LogP contribution in [-0.4, -0.2) is 79.2 Å². The maximum absolute atomic E-state index is 13.7. The molecule has 2 fully saturated rings. The molecule has 2 amide bonds. The number of hydrogen-bond donors (Lipinski definition) is 1. The number of rotatable bonds is 9. The summed E-state index contributed by atoms with van der Waals surface area (Å²) in [6.07, 6.45) is 6.39. The molecule has 1 atom stereocenters. The van der Waals surface area contributed by atoms with Crippen LogP contribution in [0.5, 0.6) is 10.8 Å². The monoisotopic (exact) mass is 573 g/mol. The first-order chi connectivity index (χ1) is 18.9. The van der Waals surface area contributed by atoms with E-state index in [0.717, 1.165) is 32.1 Å². The molecular weight excluding hydrogens is 542 g/mol. The molecule has 0 spiro atoms. The van der Waals surface area contributed by atoms with Crippen LogP contribution in [0.4, 0.5) is 0 Å². The minimum Gasteiger partial charge on any atom is -0.474 e.